The largest absolute Gasteiger partial charge is 0.382 e. The quantitative estimate of drug-likeness (QED) is 0.720. The Morgan fingerprint density at radius 3 is 2.20 bits per heavy atom. The van der Waals surface area contributed by atoms with Gasteiger partial charge >= 0.3 is 0 Å². The zero-order valence-corrected chi connectivity index (χ0v) is 9.74. The van der Waals surface area contributed by atoms with E-state index < -0.39 is 0 Å². The summed E-state index contributed by atoms with van der Waals surface area (Å²) in [6.45, 7) is 2.56. The van der Waals surface area contributed by atoms with Gasteiger partial charge in [-0.15, -0.1) is 0 Å². The summed E-state index contributed by atoms with van der Waals surface area (Å²) in [5.41, 5.74) is 0. The Morgan fingerprint density at radius 1 is 1.07 bits per heavy atom. The molecule has 2 fully saturated rings. The predicted molar refractivity (Wildman–Crippen MR) is 56.8 cm³/mol. The van der Waals surface area contributed by atoms with Crippen molar-refractivity contribution in [1.82, 2.24) is 0 Å². The van der Waals surface area contributed by atoms with E-state index in [2.05, 4.69) is 0 Å². The third kappa shape index (κ3) is 5.47. The van der Waals surface area contributed by atoms with Crippen LogP contribution in [0.25, 0.3) is 0 Å². The Morgan fingerprint density at radius 2 is 1.80 bits per heavy atom. The summed E-state index contributed by atoms with van der Waals surface area (Å²) in [6.07, 6.45) is 5.08. The smallest absolute Gasteiger partial charge is 0.157 e. The van der Waals surface area contributed by atoms with Crippen LogP contribution in [0, 0.1) is 0 Å². The molecule has 0 aromatic rings. The van der Waals surface area contributed by atoms with Crippen molar-refractivity contribution in [2.75, 3.05) is 34.0 Å². The van der Waals surface area contributed by atoms with Crippen molar-refractivity contribution in [2.45, 2.75) is 38.1 Å². The predicted octanol–water partition coefficient (Wildman–Crippen LogP) is 1.58. The monoisotopic (exact) mass is 218 g/mol. The molecule has 4 nitrogen and oxygen atoms in total. The molecule has 0 radical (unpaired) electrons. The summed E-state index contributed by atoms with van der Waals surface area (Å²) >= 11 is 0. The summed E-state index contributed by atoms with van der Waals surface area (Å²) in [6, 6.07) is 0. The first-order valence-corrected chi connectivity index (χ1v) is 5.61. The molecule has 0 amide bonds. The van der Waals surface area contributed by atoms with Crippen LogP contribution in [0.5, 0.6) is 0 Å². The Labute approximate surface area is 91.8 Å². The fourth-order valence-electron chi connectivity index (χ4n) is 1.70. The fraction of sp³-hybridized carbons (Fsp3) is 1.00. The highest BCUT2D eigenvalue weighted by Crippen LogP contribution is 2.11. The highest BCUT2D eigenvalue weighted by molar-refractivity contribution is 4.62. The van der Waals surface area contributed by atoms with E-state index in [0.29, 0.717) is 6.10 Å². The number of ether oxygens (including phenoxy) is 4. The molecule has 2 heterocycles. The molecule has 15 heavy (non-hydrogen) atoms. The normalized spacial score (nSPS) is 30.0. The van der Waals surface area contributed by atoms with Gasteiger partial charge in [-0.25, -0.2) is 0 Å². The number of hydrogen-bond donors (Lipinski definition) is 0. The molecule has 2 aliphatic heterocycles. The van der Waals surface area contributed by atoms with Gasteiger partial charge in [0.2, 0.25) is 0 Å². The molecule has 0 aromatic heterocycles. The molecule has 2 saturated heterocycles. The molecule has 2 aliphatic rings. The van der Waals surface area contributed by atoms with E-state index in [0.717, 1.165) is 32.7 Å². The maximum absolute atomic E-state index is 5.27. The first-order chi connectivity index (χ1) is 7.36. The Bertz CT molecular complexity index is 140. The third-order valence-electron chi connectivity index (χ3n) is 2.53. The average Bonchev–Trinajstić information content (AvgIpc) is 2.91. The highest BCUT2D eigenvalue weighted by Gasteiger charge is 2.14. The van der Waals surface area contributed by atoms with Crippen LogP contribution in [0.4, 0.5) is 0 Å². The summed E-state index contributed by atoms with van der Waals surface area (Å²) in [4.78, 5) is 0. The second-order valence-corrected chi connectivity index (χ2v) is 3.77. The van der Waals surface area contributed by atoms with Gasteiger partial charge in [-0.1, -0.05) is 0 Å². The molecule has 0 N–H and O–H groups in total. The minimum absolute atomic E-state index is 0.0972. The molecule has 0 saturated carbocycles. The second-order valence-electron chi connectivity index (χ2n) is 3.77. The van der Waals surface area contributed by atoms with Crippen molar-refractivity contribution in [3.8, 4) is 0 Å². The van der Waals surface area contributed by atoms with E-state index in [1.165, 1.54) is 12.8 Å². The minimum Gasteiger partial charge on any atom is -0.382 e. The molecule has 90 valence electrons. The summed E-state index contributed by atoms with van der Waals surface area (Å²) in [7, 11) is 3.39. The molecule has 2 atom stereocenters. The highest BCUT2D eigenvalue weighted by atomic mass is 16.7. The van der Waals surface area contributed by atoms with Crippen molar-refractivity contribution in [3.63, 3.8) is 0 Å². The zero-order chi connectivity index (χ0) is 10.9. The lowest BCUT2D eigenvalue weighted by molar-refractivity contribution is -0.0880. The lowest BCUT2D eigenvalue weighted by Gasteiger charge is -2.05. The maximum atomic E-state index is 5.27. The van der Waals surface area contributed by atoms with Gasteiger partial charge in [0.05, 0.1) is 12.7 Å². The lowest BCUT2D eigenvalue weighted by Crippen LogP contribution is -2.11. The topological polar surface area (TPSA) is 36.9 Å². The first kappa shape index (κ1) is 12.9. The van der Waals surface area contributed by atoms with E-state index in [1.54, 1.807) is 14.2 Å². The lowest BCUT2D eigenvalue weighted by atomic mass is 10.2. The average molecular weight is 218 g/mol. The van der Waals surface area contributed by atoms with Crippen LogP contribution in [-0.4, -0.2) is 46.4 Å². The van der Waals surface area contributed by atoms with E-state index in [9.17, 15) is 0 Å². The van der Waals surface area contributed by atoms with Gasteiger partial charge in [-0.3, -0.25) is 0 Å². The van der Waals surface area contributed by atoms with Crippen LogP contribution in [0.15, 0.2) is 0 Å². The Kier molecular flexibility index (Phi) is 6.92. The van der Waals surface area contributed by atoms with Crippen LogP contribution >= 0.6 is 0 Å². The van der Waals surface area contributed by atoms with Gasteiger partial charge in [0, 0.05) is 33.9 Å². The van der Waals surface area contributed by atoms with Gasteiger partial charge in [-0.2, -0.15) is 0 Å². The number of hydrogen-bond acceptors (Lipinski definition) is 4. The molecule has 4 heteroatoms. The molecule has 0 aromatic carbocycles. The van der Waals surface area contributed by atoms with E-state index >= 15 is 0 Å². The van der Waals surface area contributed by atoms with Crippen LogP contribution in [0.2, 0.25) is 0 Å². The molecule has 0 aliphatic carbocycles. The molecule has 2 unspecified atom stereocenters. The van der Waals surface area contributed by atoms with Gasteiger partial charge in [0.1, 0.15) is 0 Å². The van der Waals surface area contributed by atoms with E-state index in [1.807, 2.05) is 0 Å². The summed E-state index contributed by atoms with van der Waals surface area (Å²) in [5.74, 6) is 0. The van der Waals surface area contributed by atoms with Crippen molar-refractivity contribution in [1.29, 1.82) is 0 Å². The fourth-order valence-corrected chi connectivity index (χ4v) is 1.70. The summed E-state index contributed by atoms with van der Waals surface area (Å²) in [5, 5.41) is 0. The van der Waals surface area contributed by atoms with Crippen LogP contribution in [0.1, 0.15) is 25.7 Å². The van der Waals surface area contributed by atoms with Crippen molar-refractivity contribution >= 4 is 0 Å². The standard InChI is InChI=1S/C6H12O2.C5H10O2/c1-7-5-6-3-2-4-8-6;1-6-5-3-2-4-7-5/h6H,2-5H2,1H3;5H,2-4H2,1H3. The van der Waals surface area contributed by atoms with Crippen molar-refractivity contribution in [2.24, 2.45) is 0 Å². The Hall–Kier alpha value is -0.160. The number of methoxy groups -OCH3 is 2. The zero-order valence-electron chi connectivity index (χ0n) is 9.74. The van der Waals surface area contributed by atoms with E-state index in [-0.39, 0.29) is 6.29 Å². The molecule has 0 spiro atoms. The van der Waals surface area contributed by atoms with Crippen LogP contribution in [0.3, 0.4) is 0 Å². The van der Waals surface area contributed by atoms with Gasteiger partial charge in [0.25, 0.3) is 0 Å². The van der Waals surface area contributed by atoms with E-state index in [4.69, 9.17) is 18.9 Å². The van der Waals surface area contributed by atoms with Crippen molar-refractivity contribution in [3.05, 3.63) is 0 Å². The molecular weight excluding hydrogens is 196 g/mol. The SMILES string of the molecule is COC1CCCO1.COCC1CCCO1. The van der Waals surface area contributed by atoms with Crippen LogP contribution in [-0.2, 0) is 18.9 Å². The second kappa shape index (κ2) is 8.05. The number of rotatable bonds is 3. The van der Waals surface area contributed by atoms with Crippen molar-refractivity contribution < 1.29 is 18.9 Å². The minimum atomic E-state index is 0.0972. The molecule has 0 bridgehead atoms. The molecule has 2 rings (SSSR count). The molecular formula is C11H22O4. The van der Waals surface area contributed by atoms with Gasteiger partial charge in [-0.05, 0) is 19.3 Å². The van der Waals surface area contributed by atoms with Crippen LogP contribution < -0.4 is 0 Å². The first-order valence-electron chi connectivity index (χ1n) is 5.61. The summed E-state index contributed by atoms with van der Waals surface area (Å²) < 4.78 is 20.1. The Balaban J connectivity index is 0.000000151. The van der Waals surface area contributed by atoms with Gasteiger partial charge < -0.3 is 18.9 Å². The van der Waals surface area contributed by atoms with Gasteiger partial charge in [0.15, 0.2) is 6.29 Å². The maximum Gasteiger partial charge on any atom is 0.157 e. The third-order valence-corrected chi connectivity index (χ3v) is 2.53.